The van der Waals surface area contributed by atoms with Crippen LogP contribution in [0.25, 0.3) is 0 Å². The highest BCUT2D eigenvalue weighted by atomic mass is 16.2. The number of pyridine rings is 1. The number of amides is 1. The van der Waals surface area contributed by atoms with Crippen LogP contribution < -0.4 is 10.6 Å². The highest BCUT2D eigenvalue weighted by Crippen LogP contribution is 2.18. The lowest BCUT2D eigenvalue weighted by atomic mass is 10.3. The first kappa shape index (κ1) is 10.1. The summed E-state index contributed by atoms with van der Waals surface area (Å²) >= 11 is 0. The van der Waals surface area contributed by atoms with E-state index in [1.165, 1.54) is 0 Å². The SMILES string of the molecule is O=C(CNCc1cccnc1)NC1CC1. The Balaban J connectivity index is 1.63. The van der Waals surface area contributed by atoms with E-state index in [9.17, 15) is 4.79 Å². The fourth-order valence-corrected chi connectivity index (χ4v) is 1.33. The van der Waals surface area contributed by atoms with E-state index in [1.807, 2.05) is 12.1 Å². The van der Waals surface area contributed by atoms with Gasteiger partial charge < -0.3 is 10.6 Å². The second-order valence-corrected chi connectivity index (χ2v) is 3.81. The molecule has 0 aromatic carbocycles. The number of nitrogens with one attached hydrogen (secondary N) is 2. The van der Waals surface area contributed by atoms with Crippen molar-refractivity contribution in [3.8, 4) is 0 Å². The molecule has 1 fully saturated rings. The van der Waals surface area contributed by atoms with Crippen LogP contribution in [0.1, 0.15) is 18.4 Å². The Morgan fingerprint density at radius 3 is 3.07 bits per heavy atom. The number of rotatable bonds is 5. The lowest BCUT2D eigenvalue weighted by Crippen LogP contribution is -2.34. The minimum Gasteiger partial charge on any atom is -0.352 e. The van der Waals surface area contributed by atoms with Crippen LogP contribution in [-0.4, -0.2) is 23.5 Å². The Labute approximate surface area is 89.1 Å². The van der Waals surface area contributed by atoms with Crippen molar-refractivity contribution in [3.05, 3.63) is 30.1 Å². The van der Waals surface area contributed by atoms with Crippen molar-refractivity contribution >= 4 is 5.91 Å². The molecule has 2 rings (SSSR count). The predicted octanol–water partition coefficient (Wildman–Crippen LogP) is 0.450. The van der Waals surface area contributed by atoms with E-state index in [-0.39, 0.29) is 5.91 Å². The second-order valence-electron chi connectivity index (χ2n) is 3.81. The fourth-order valence-electron chi connectivity index (χ4n) is 1.33. The van der Waals surface area contributed by atoms with Gasteiger partial charge in [-0.05, 0) is 24.5 Å². The Kier molecular flexibility index (Phi) is 3.29. The summed E-state index contributed by atoms with van der Waals surface area (Å²) in [5, 5.41) is 6.01. The third-order valence-corrected chi connectivity index (χ3v) is 2.28. The molecule has 1 amide bonds. The number of carbonyl (C=O) groups is 1. The first-order valence-corrected chi connectivity index (χ1v) is 5.23. The van der Waals surface area contributed by atoms with Crippen LogP contribution in [0.5, 0.6) is 0 Å². The summed E-state index contributed by atoms with van der Waals surface area (Å²) in [6, 6.07) is 4.32. The van der Waals surface area contributed by atoms with Crippen molar-refractivity contribution in [1.82, 2.24) is 15.6 Å². The highest BCUT2D eigenvalue weighted by Gasteiger charge is 2.22. The molecular weight excluding hydrogens is 190 g/mol. The molecule has 0 saturated heterocycles. The van der Waals surface area contributed by atoms with Gasteiger partial charge in [-0.25, -0.2) is 0 Å². The normalized spacial score (nSPS) is 14.9. The Morgan fingerprint density at radius 1 is 1.53 bits per heavy atom. The highest BCUT2D eigenvalue weighted by molar-refractivity contribution is 5.78. The quantitative estimate of drug-likeness (QED) is 0.734. The minimum absolute atomic E-state index is 0.0846. The molecule has 1 aliphatic rings. The molecule has 4 nitrogen and oxygen atoms in total. The van der Waals surface area contributed by atoms with Crippen LogP contribution in [0.4, 0.5) is 0 Å². The first-order valence-electron chi connectivity index (χ1n) is 5.23. The van der Waals surface area contributed by atoms with Crippen LogP contribution in [0, 0.1) is 0 Å². The van der Waals surface area contributed by atoms with Crippen molar-refractivity contribution in [2.75, 3.05) is 6.54 Å². The third-order valence-electron chi connectivity index (χ3n) is 2.28. The number of carbonyl (C=O) groups excluding carboxylic acids is 1. The lowest BCUT2D eigenvalue weighted by molar-refractivity contribution is -0.120. The maximum Gasteiger partial charge on any atom is 0.234 e. The van der Waals surface area contributed by atoms with Crippen molar-refractivity contribution in [2.45, 2.75) is 25.4 Å². The van der Waals surface area contributed by atoms with E-state index in [0.717, 1.165) is 18.4 Å². The van der Waals surface area contributed by atoms with E-state index < -0.39 is 0 Å². The summed E-state index contributed by atoms with van der Waals surface area (Å²) in [7, 11) is 0. The largest absolute Gasteiger partial charge is 0.352 e. The summed E-state index contributed by atoms with van der Waals surface area (Å²) in [4.78, 5) is 15.3. The average Bonchev–Trinajstić information content (AvgIpc) is 3.03. The maximum atomic E-state index is 11.3. The van der Waals surface area contributed by atoms with Gasteiger partial charge in [0.2, 0.25) is 5.91 Å². The molecule has 0 unspecified atom stereocenters. The standard InChI is InChI=1S/C11H15N3O/c15-11(14-10-3-4-10)8-13-7-9-2-1-5-12-6-9/h1-2,5-6,10,13H,3-4,7-8H2,(H,14,15). The molecule has 1 saturated carbocycles. The predicted molar refractivity (Wildman–Crippen MR) is 57.1 cm³/mol. The summed E-state index contributed by atoms with van der Waals surface area (Å²) in [6.45, 7) is 1.07. The molecule has 1 aromatic heterocycles. The van der Waals surface area contributed by atoms with Gasteiger partial charge in [0, 0.05) is 25.0 Å². The van der Waals surface area contributed by atoms with Crippen molar-refractivity contribution in [2.24, 2.45) is 0 Å². The third kappa shape index (κ3) is 3.67. The van der Waals surface area contributed by atoms with Crippen LogP contribution in [-0.2, 0) is 11.3 Å². The zero-order valence-electron chi connectivity index (χ0n) is 8.57. The van der Waals surface area contributed by atoms with E-state index in [1.54, 1.807) is 12.4 Å². The molecule has 0 radical (unpaired) electrons. The van der Waals surface area contributed by atoms with Gasteiger partial charge in [-0.1, -0.05) is 6.07 Å². The molecule has 0 bridgehead atoms. The number of hydrogen-bond donors (Lipinski definition) is 2. The Bertz CT molecular complexity index is 322. The van der Waals surface area contributed by atoms with Gasteiger partial charge in [-0.15, -0.1) is 0 Å². The smallest absolute Gasteiger partial charge is 0.234 e. The maximum absolute atomic E-state index is 11.3. The van der Waals surface area contributed by atoms with Crippen LogP contribution in [0.2, 0.25) is 0 Å². The fraction of sp³-hybridized carbons (Fsp3) is 0.455. The molecule has 80 valence electrons. The lowest BCUT2D eigenvalue weighted by Gasteiger charge is -2.05. The molecule has 15 heavy (non-hydrogen) atoms. The molecular formula is C11H15N3O. The second kappa shape index (κ2) is 4.89. The van der Waals surface area contributed by atoms with Gasteiger partial charge in [-0.3, -0.25) is 9.78 Å². The van der Waals surface area contributed by atoms with Crippen LogP contribution in [0.15, 0.2) is 24.5 Å². The molecule has 2 N–H and O–H groups in total. The minimum atomic E-state index is 0.0846. The molecule has 0 atom stereocenters. The summed E-state index contributed by atoms with van der Waals surface area (Å²) in [6.07, 6.45) is 5.80. The molecule has 0 spiro atoms. The summed E-state index contributed by atoms with van der Waals surface area (Å²) in [5.41, 5.74) is 1.09. The van der Waals surface area contributed by atoms with Crippen LogP contribution >= 0.6 is 0 Å². The van der Waals surface area contributed by atoms with E-state index in [0.29, 0.717) is 19.1 Å². The summed E-state index contributed by atoms with van der Waals surface area (Å²) in [5.74, 6) is 0.0846. The Morgan fingerprint density at radius 2 is 2.40 bits per heavy atom. The zero-order valence-corrected chi connectivity index (χ0v) is 8.57. The van der Waals surface area contributed by atoms with Gasteiger partial charge in [0.15, 0.2) is 0 Å². The topological polar surface area (TPSA) is 54.0 Å². The van der Waals surface area contributed by atoms with Gasteiger partial charge in [0.25, 0.3) is 0 Å². The van der Waals surface area contributed by atoms with Gasteiger partial charge >= 0.3 is 0 Å². The number of nitrogens with zero attached hydrogens (tertiary/aromatic N) is 1. The zero-order chi connectivity index (χ0) is 10.5. The monoisotopic (exact) mass is 205 g/mol. The van der Waals surface area contributed by atoms with Crippen molar-refractivity contribution in [3.63, 3.8) is 0 Å². The molecule has 1 aromatic rings. The van der Waals surface area contributed by atoms with E-state index >= 15 is 0 Å². The molecule has 4 heteroatoms. The molecule has 0 aliphatic heterocycles. The van der Waals surface area contributed by atoms with E-state index in [2.05, 4.69) is 15.6 Å². The van der Waals surface area contributed by atoms with Crippen molar-refractivity contribution < 1.29 is 4.79 Å². The van der Waals surface area contributed by atoms with Gasteiger partial charge in [-0.2, -0.15) is 0 Å². The first-order chi connectivity index (χ1) is 7.34. The van der Waals surface area contributed by atoms with Gasteiger partial charge in [0.1, 0.15) is 0 Å². The van der Waals surface area contributed by atoms with E-state index in [4.69, 9.17) is 0 Å². The van der Waals surface area contributed by atoms with Gasteiger partial charge in [0.05, 0.1) is 6.54 Å². The van der Waals surface area contributed by atoms with Crippen molar-refractivity contribution in [1.29, 1.82) is 0 Å². The molecule has 1 aliphatic carbocycles. The Hall–Kier alpha value is -1.42. The summed E-state index contributed by atoms with van der Waals surface area (Å²) < 4.78 is 0. The number of aromatic nitrogens is 1. The molecule has 1 heterocycles. The van der Waals surface area contributed by atoms with Crippen LogP contribution in [0.3, 0.4) is 0 Å². The average molecular weight is 205 g/mol. The number of hydrogen-bond acceptors (Lipinski definition) is 3.